The molecule has 1 aromatic carbocycles. The molecule has 0 radical (unpaired) electrons. The van der Waals surface area contributed by atoms with Crippen LogP contribution in [0.1, 0.15) is 58.3 Å². The number of carbonyl (C=O) groups excluding carboxylic acids is 2. The largest absolute Gasteiger partial charge is 0.494 e. The van der Waals surface area contributed by atoms with Crippen molar-refractivity contribution >= 4 is 12.0 Å². The lowest BCUT2D eigenvalue weighted by Gasteiger charge is -2.26. The SMILES string of the molecule is CCCOc1cccc(C(=O)NCC(NC(=O)OC(C)(C)C)C(C)C)c1. The number of nitrogens with one attached hydrogen (secondary N) is 2. The Morgan fingerprint density at radius 3 is 2.46 bits per heavy atom. The Hall–Kier alpha value is -2.24. The van der Waals surface area contributed by atoms with Gasteiger partial charge in [-0.25, -0.2) is 4.79 Å². The van der Waals surface area contributed by atoms with Gasteiger partial charge in [-0.2, -0.15) is 0 Å². The zero-order valence-corrected chi connectivity index (χ0v) is 16.7. The zero-order valence-electron chi connectivity index (χ0n) is 16.7. The molecule has 0 heterocycles. The molecule has 26 heavy (non-hydrogen) atoms. The average molecular weight is 364 g/mol. The molecule has 0 aliphatic heterocycles. The quantitative estimate of drug-likeness (QED) is 0.736. The maximum atomic E-state index is 12.4. The van der Waals surface area contributed by atoms with E-state index in [1.807, 2.05) is 47.6 Å². The predicted octanol–water partition coefficient (Wildman–Crippen LogP) is 3.75. The summed E-state index contributed by atoms with van der Waals surface area (Å²) in [6.07, 6.45) is 0.420. The highest BCUT2D eigenvalue weighted by molar-refractivity contribution is 5.94. The van der Waals surface area contributed by atoms with E-state index in [0.717, 1.165) is 6.42 Å². The fraction of sp³-hybridized carbons (Fsp3) is 0.600. The normalized spacial score (nSPS) is 12.4. The molecule has 2 amide bonds. The van der Waals surface area contributed by atoms with E-state index in [1.165, 1.54) is 0 Å². The van der Waals surface area contributed by atoms with Gasteiger partial charge in [0.05, 0.1) is 12.6 Å². The molecule has 146 valence electrons. The Morgan fingerprint density at radius 2 is 1.88 bits per heavy atom. The van der Waals surface area contributed by atoms with Crippen molar-refractivity contribution in [2.45, 2.75) is 59.6 Å². The van der Waals surface area contributed by atoms with Gasteiger partial charge in [0.2, 0.25) is 0 Å². The molecule has 0 aliphatic rings. The summed E-state index contributed by atoms with van der Waals surface area (Å²) in [4.78, 5) is 24.4. The van der Waals surface area contributed by atoms with Crippen molar-refractivity contribution in [2.24, 2.45) is 5.92 Å². The molecule has 0 saturated carbocycles. The fourth-order valence-electron chi connectivity index (χ4n) is 2.16. The van der Waals surface area contributed by atoms with E-state index in [-0.39, 0.29) is 17.9 Å². The highest BCUT2D eigenvalue weighted by Crippen LogP contribution is 2.14. The van der Waals surface area contributed by atoms with Crippen molar-refractivity contribution in [1.82, 2.24) is 10.6 Å². The maximum absolute atomic E-state index is 12.4. The second-order valence-electron chi connectivity index (χ2n) is 7.58. The van der Waals surface area contributed by atoms with E-state index in [9.17, 15) is 9.59 Å². The summed E-state index contributed by atoms with van der Waals surface area (Å²) in [5, 5.41) is 5.69. The van der Waals surface area contributed by atoms with E-state index < -0.39 is 11.7 Å². The first-order valence-electron chi connectivity index (χ1n) is 9.13. The van der Waals surface area contributed by atoms with Crippen LogP contribution >= 0.6 is 0 Å². The number of ether oxygens (including phenoxy) is 2. The van der Waals surface area contributed by atoms with Gasteiger partial charge in [0.15, 0.2) is 0 Å². The molecular weight excluding hydrogens is 332 g/mol. The highest BCUT2D eigenvalue weighted by atomic mass is 16.6. The minimum absolute atomic E-state index is 0.141. The van der Waals surface area contributed by atoms with Crippen LogP contribution in [0.5, 0.6) is 5.75 Å². The molecule has 0 spiro atoms. The van der Waals surface area contributed by atoms with Gasteiger partial charge >= 0.3 is 6.09 Å². The number of rotatable bonds is 8. The number of amides is 2. The molecule has 2 N–H and O–H groups in total. The van der Waals surface area contributed by atoms with E-state index in [0.29, 0.717) is 24.5 Å². The summed E-state index contributed by atoms with van der Waals surface area (Å²) >= 11 is 0. The number of carbonyl (C=O) groups is 2. The summed E-state index contributed by atoms with van der Waals surface area (Å²) in [5.41, 5.74) is -0.0354. The summed E-state index contributed by atoms with van der Waals surface area (Å²) in [6.45, 7) is 12.3. The lowest BCUT2D eigenvalue weighted by molar-refractivity contribution is 0.0487. The Labute approximate surface area is 156 Å². The molecule has 1 atom stereocenters. The Morgan fingerprint density at radius 1 is 1.19 bits per heavy atom. The molecule has 0 fully saturated rings. The topological polar surface area (TPSA) is 76.7 Å². The molecular formula is C20H32N2O4. The van der Waals surface area contributed by atoms with Crippen LogP contribution in [0.25, 0.3) is 0 Å². The van der Waals surface area contributed by atoms with Crippen molar-refractivity contribution in [2.75, 3.05) is 13.2 Å². The van der Waals surface area contributed by atoms with Crippen LogP contribution in [0.4, 0.5) is 4.79 Å². The molecule has 1 unspecified atom stereocenters. The van der Waals surface area contributed by atoms with Gasteiger partial charge in [0.1, 0.15) is 11.4 Å². The van der Waals surface area contributed by atoms with Gasteiger partial charge in [0, 0.05) is 12.1 Å². The standard InChI is InChI=1S/C20H32N2O4/c1-7-11-25-16-10-8-9-15(12-16)18(23)21-13-17(14(2)3)22-19(24)26-20(4,5)6/h8-10,12,14,17H,7,11,13H2,1-6H3,(H,21,23)(H,22,24). The van der Waals surface area contributed by atoms with Gasteiger partial charge in [-0.05, 0) is 51.3 Å². The van der Waals surface area contributed by atoms with Gasteiger partial charge in [-0.15, -0.1) is 0 Å². The van der Waals surface area contributed by atoms with Gasteiger partial charge in [-0.3, -0.25) is 4.79 Å². The van der Waals surface area contributed by atoms with Crippen molar-refractivity contribution in [3.8, 4) is 5.75 Å². The molecule has 0 bridgehead atoms. The Bertz CT molecular complexity index is 594. The summed E-state index contributed by atoms with van der Waals surface area (Å²) in [5.74, 6) is 0.609. The van der Waals surface area contributed by atoms with Crippen LogP contribution in [-0.2, 0) is 4.74 Å². The third-order valence-electron chi connectivity index (χ3n) is 3.56. The summed E-state index contributed by atoms with van der Waals surface area (Å²) < 4.78 is 10.8. The molecule has 0 saturated heterocycles. The Balaban J connectivity index is 2.63. The Kier molecular flexibility index (Phi) is 8.42. The van der Waals surface area contributed by atoms with Crippen LogP contribution in [0.15, 0.2) is 24.3 Å². The number of hydrogen-bond donors (Lipinski definition) is 2. The lowest BCUT2D eigenvalue weighted by atomic mass is 10.0. The third kappa shape index (κ3) is 8.23. The smallest absolute Gasteiger partial charge is 0.407 e. The number of benzene rings is 1. The first-order chi connectivity index (χ1) is 12.1. The van der Waals surface area contributed by atoms with E-state index >= 15 is 0 Å². The van der Waals surface area contributed by atoms with Crippen molar-refractivity contribution in [1.29, 1.82) is 0 Å². The molecule has 1 rings (SSSR count). The summed E-state index contributed by atoms with van der Waals surface area (Å²) in [7, 11) is 0. The molecule has 1 aromatic rings. The molecule has 6 heteroatoms. The third-order valence-corrected chi connectivity index (χ3v) is 3.56. The van der Waals surface area contributed by atoms with Gasteiger partial charge in [-0.1, -0.05) is 26.8 Å². The van der Waals surface area contributed by atoms with Crippen LogP contribution in [0.3, 0.4) is 0 Å². The predicted molar refractivity (Wildman–Crippen MR) is 103 cm³/mol. The second-order valence-corrected chi connectivity index (χ2v) is 7.58. The molecule has 0 aromatic heterocycles. The maximum Gasteiger partial charge on any atom is 0.407 e. The number of hydrogen-bond acceptors (Lipinski definition) is 4. The first kappa shape index (κ1) is 21.8. The highest BCUT2D eigenvalue weighted by Gasteiger charge is 2.22. The van der Waals surface area contributed by atoms with Crippen LogP contribution in [-0.4, -0.2) is 36.8 Å². The van der Waals surface area contributed by atoms with Gasteiger partial charge < -0.3 is 20.1 Å². The van der Waals surface area contributed by atoms with Crippen molar-refractivity contribution in [3.05, 3.63) is 29.8 Å². The first-order valence-corrected chi connectivity index (χ1v) is 9.13. The molecule has 6 nitrogen and oxygen atoms in total. The van der Waals surface area contributed by atoms with Crippen LogP contribution in [0, 0.1) is 5.92 Å². The average Bonchev–Trinajstić information content (AvgIpc) is 2.54. The summed E-state index contributed by atoms with van der Waals surface area (Å²) in [6, 6.07) is 6.84. The molecule has 0 aliphatic carbocycles. The van der Waals surface area contributed by atoms with E-state index in [2.05, 4.69) is 10.6 Å². The van der Waals surface area contributed by atoms with Crippen molar-refractivity contribution < 1.29 is 19.1 Å². The second kappa shape index (κ2) is 10.0. The van der Waals surface area contributed by atoms with E-state index in [4.69, 9.17) is 9.47 Å². The zero-order chi connectivity index (χ0) is 19.7. The minimum atomic E-state index is -0.562. The van der Waals surface area contributed by atoms with Crippen LogP contribution in [0.2, 0.25) is 0 Å². The number of alkyl carbamates (subject to hydrolysis) is 1. The van der Waals surface area contributed by atoms with Crippen LogP contribution < -0.4 is 15.4 Å². The minimum Gasteiger partial charge on any atom is -0.494 e. The van der Waals surface area contributed by atoms with Crippen molar-refractivity contribution in [3.63, 3.8) is 0 Å². The lowest BCUT2D eigenvalue weighted by Crippen LogP contribution is -2.48. The van der Waals surface area contributed by atoms with E-state index in [1.54, 1.807) is 18.2 Å². The monoisotopic (exact) mass is 364 g/mol. The van der Waals surface area contributed by atoms with Gasteiger partial charge in [0.25, 0.3) is 5.91 Å². The fourth-order valence-corrected chi connectivity index (χ4v) is 2.16.